The Kier molecular flexibility index (Phi) is 3.44. The number of carboxylic acids is 1. The van der Waals surface area contributed by atoms with Gasteiger partial charge in [-0.3, -0.25) is 4.79 Å². The van der Waals surface area contributed by atoms with Gasteiger partial charge in [0, 0.05) is 6.54 Å². The fourth-order valence-corrected chi connectivity index (χ4v) is 2.15. The van der Waals surface area contributed by atoms with Crippen molar-refractivity contribution in [3.63, 3.8) is 0 Å². The molecule has 0 saturated heterocycles. The molecule has 0 heterocycles. The van der Waals surface area contributed by atoms with Gasteiger partial charge in [-0.2, -0.15) is 0 Å². The average molecular weight is 264 g/mol. The molecule has 1 aromatic carbocycles. The van der Waals surface area contributed by atoms with Gasteiger partial charge in [-0.05, 0) is 31.0 Å². The third-order valence-corrected chi connectivity index (χ3v) is 3.67. The zero-order chi connectivity index (χ0) is 14.0. The lowest BCUT2D eigenvalue weighted by molar-refractivity contribution is -0.129. The van der Waals surface area contributed by atoms with E-state index in [1.165, 1.54) is 18.2 Å². The number of hydrogen-bond acceptors (Lipinski definition) is 4. The largest absolute Gasteiger partial charge is 0.506 e. The first-order valence-corrected chi connectivity index (χ1v) is 6.06. The highest BCUT2D eigenvalue weighted by Crippen LogP contribution is 2.41. The number of carboxylic acid groups (broad SMARTS) is 1. The number of carbonyl (C=O) groups is 2. The molecule has 1 amide bonds. The van der Waals surface area contributed by atoms with Gasteiger partial charge in [0.2, 0.25) is 5.91 Å². The molecule has 6 nitrogen and oxygen atoms in total. The number of rotatable bonds is 4. The molecule has 2 rings (SSSR count). The SMILES string of the molecule is NCC1(C(=O)Nc2cc(C(=O)O)ccc2O)CCC1. The highest BCUT2D eigenvalue weighted by molar-refractivity contribution is 5.98. The summed E-state index contributed by atoms with van der Waals surface area (Å²) in [6.45, 7) is 0.248. The number of amides is 1. The van der Waals surface area contributed by atoms with E-state index in [9.17, 15) is 14.7 Å². The summed E-state index contributed by atoms with van der Waals surface area (Å²) in [5, 5.41) is 21.1. The van der Waals surface area contributed by atoms with E-state index < -0.39 is 11.4 Å². The fourth-order valence-electron chi connectivity index (χ4n) is 2.15. The van der Waals surface area contributed by atoms with Crippen LogP contribution in [0.2, 0.25) is 0 Å². The Morgan fingerprint density at radius 2 is 2.05 bits per heavy atom. The fraction of sp³-hybridized carbons (Fsp3) is 0.385. The number of nitrogens with two attached hydrogens (primary N) is 1. The molecule has 1 aliphatic rings. The van der Waals surface area contributed by atoms with Gasteiger partial charge in [0.25, 0.3) is 0 Å². The normalized spacial score (nSPS) is 16.5. The van der Waals surface area contributed by atoms with Crippen molar-refractivity contribution >= 4 is 17.6 Å². The standard InChI is InChI=1S/C13H16N2O4/c14-7-13(4-1-5-13)12(19)15-9-6-8(11(17)18)2-3-10(9)16/h2-3,6,16H,1,4-5,7,14H2,(H,15,19)(H,17,18). The van der Waals surface area contributed by atoms with E-state index in [1.807, 2.05) is 0 Å². The van der Waals surface area contributed by atoms with Crippen LogP contribution in [0, 0.1) is 5.41 Å². The summed E-state index contributed by atoms with van der Waals surface area (Å²) >= 11 is 0. The quantitative estimate of drug-likeness (QED) is 0.609. The number of phenolic OH excluding ortho intramolecular Hbond substituents is 1. The van der Waals surface area contributed by atoms with Crippen molar-refractivity contribution in [1.29, 1.82) is 0 Å². The van der Waals surface area contributed by atoms with E-state index in [0.29, 0.717) is 12.8 Å². The molecule has 0 aromatic heterocycles. The second-order valence-electron chi connectivity index (χ2n) is 4.83. The van der Waals surface area contributed by atoms with Gasteiger partial charge in [0.1, 0.15) is 5.75 Å². The minimum atomic E-state index is -1.12. The van der Waals surface area contributed by atoms with Crippen molar-refractivity contribution in [3.05, 3.63) is 23.8 Å². The summed E-state index contributed by atoms with van der Waals surface area (Å²) in [6.07, 6.45) is 2.38. The van der Waals surface area contributed by atoms with Gasteiger partial charge in [-0.15, -0.1) is 0 Å². The Bertz CT molecular complexity index is 518. The minimum absolute atomic E-state index is 0.00325. The number of benzene rings is 1. The zero-order valence-electron chi connectivity index (χ0n) is 10.3. The van der Waals surface area contributed by atoms with Crippen molar-refractivity contribution in [2.45, 2.75) is 19.3 Å². The summed E-state index contributed by atoms with van der Waals surface area (Å²) in [7, 11) is 0. The molecule has 0 spiro atoms. The summed E-state index contributed by atoms with van der Waals surface area (Å²) in [5.41, 5.74) is 5.15. The van der Waals surface area contributed by atoms with Crippen LogP contribution in [0.3, 0.4) is 0 Å². The van der Waals surface area contributed by atoms with Crippen LogP contribution in [-0.2, 0) is 4.79 Å². The molecule has 19 heavy (non-hydrogen) atoms. The third-order valence-electron chi connectivity index (χ3n) is 3.67. The first-order valence-electron chi connectivity index (χ1n) is 6.06. The molecule has 1 fully saturated rings. The Labute approximate surface area is 110 Å². The van der Waals surface area contributed by atoms with Crippen molar-refractivity contribution in [3.8, 4) is 5.75 Å². The summed E-state index contributed by atoms with van der Waals surface area (Å²) in [4.78, 5) is 23.0. The first kappa shape index (κ1) is 13.4. The van der Waals surface area contributed by atoms with Crippen LogP contribution in [0.5, 0.6) is 5.75 Å². The van der Waals surface area contributed by atoms with Gasteiger partial charge in [0.05, 0.1) is 16.7 Å². The molecule has 1 aliphatic carbocycles. The van der Waals surface area contributed by atoms with Gasteiger partial charge in [0.15, 0.2) is 0 Å². The summed E-state index contributed by atoms with van der Waals surface area (Å²) < 4.78 is 0. The van der Waals surface area contributed by atoms with E-state index in [2.05, 4.69) is 5.32 Å². The number of nitrogens with one attached hydrogen (secondary N) is 1. The lowest BCUT2D eigenvalue weighted by Gasteiger charge is -2.39. The van der Waals surface area contributed by atoms with Gasteiger partial charge < -0.3 is 21.3 Å². The van der Waals surface area contributed by atoms with Crippen LogP contribution >= 0.6 is 0 Å². The molecule has 5 N–H and O–H groups in total. The van der Waals surface area contributed by atoms with Crippen molar-refractivity contribution in [2.24, 2.45) is 11.1 Å². The molecule has 0 unspecified atom stereocenters. The Morgan fingerprint density at radius 3 is 2.53 bits per heavy atom. The topological polar surface area (TPSA) is 113 Å². The van der Waals surface area contributed by atoms with Crippen LogP contribution < -0.4 is 11.1 Å². The van der Waals surface area contributed by atoms with E-state index >= 15 is 0 Å². The number of aromatic carboxylic acids is 1. The number of hydrogen-bond donors (Lipinski definition) is 4. The molecular formula is C13H16N2O4. The highest BCUT2D eigenvalue weighted by atomic mass is 16.4. The maximum Gasteiger partial charge on any atom is 0.335 e. The van der Waals surface area contributed by atoms with E-state index in [4.69, 9.17) is 10.8 Å². The average Bonchev–Trinajstić information content (AvgIpc) is 2.31. The van der Waals surface area contributed by atoms with Crippen LogP contribution in [-0.4, -0.2) is 28.6 Å². The Balaban J connectivity index is 2.21. The second-order valence-corrected chi connectivity index (χ2v) is 4.83. The second kappa shape index (κ2) is 4.89. The number of anilines is 1. The van der Waals surface area contributed by atoms with E-state index in [-0.39, 0.29) is 29.5 Å². The maximum atomic E-state index is 12.1. The minimum Gasteiger partial charge on any atom is -0.506 e. The number of aromatic hydroxyl groups is 1. The molecule has 102 valence electrons. The van der Waals surface area contributed by atoms with Gasteiger partial charge in [-0.25, -0.2) is 4.79 Å². The Morgan fingerprint density at radius 1 is 1.37 bits per heavy atom. The predicted octanol–water partition coefficient (Wildman–Crippen LogP) is 1.16. The van der Waals surface area contributed by atoms with Crippen LogP contribution in [0.1, 0.15) is 29.6 Å². The molecule has 0 aliphatic heterocycles. The number of phenols is 1. The number of carbonyl (C=O) groups excluding carboxylic acids is 1. The molecule has 1 aromatic rings. The Hall–Kier alpha value is -2.08. The molecule has 1 saturated carbocycles. The van der Waals surface area contributed by atoms with E-state index in [0.717, 1.165) is 6.42 Å². The van der Waals surface area contributed by atoms with Gasteiger partial charge >= 0.3 is 5.97 Å². The van der Waals surface area contributed by atoms with Crippen molar-refractivity contribution < 1.29 is 19.8 Å². The molecule has 0 atom stereocenters. The van der Waals surface area contributed by atoms with Crippen LogP contribution in [0.25, 0.3) is 0 Å². The van der Waals surface area contributed by atoms with Crippen LogP contribution in [0.15, 0.2) is 18.2 Å². The molecular weight excluding hydrogens is 248 g/mol. The highest BCUT2D eigenvalue weighted by Gasteiger charge is 2.43. The molecule has 6 heteroatoms. The van der Waals surface area contributed by atoms with Crippen molar-refractivity contribution in [1.82, 2.24) is 0 Å². The molecule has 0 bridgehead atoms. The predicted molar refractivity (Wildman–Crippen MR) is 69.0 cm³/mol. The van der Waals surface area contributed by atoms with Crippen molar-refractivity contribution in [2.75, 3.05) is 11.9 Å². The van der Waals surface area contributed by atoms with E-state index in [1.54, 1.807) is 0 Å². The summed E-state index contributed by atoms with van der Waals surface area (Å²) in [5.74, 6) is -1.54. The lowest BCUT2D eigenvalue weighted by atomic mass is 9.68. The lowest BCUT2D eigenvalue weighted by Crippen LogP contribution is -2.47. The monoisotopic (exact) mass is 264 g/mol. The maximum absolute atomic E-state index is 12.1. The zero-order valence-corrected chi connectivity index (χ0v) is 10.3. The third kappa shape index (κ3) is 2.39. The molecule has 0 radical (unpaired) electrons. The van der Waals surface area contributed by atoms with Gasteiger partial charge in [-0.1, -0.05) is 6.42 Å². The smallest absolute Gasteiger partial charge is 0.335 e. The first-order chi connectivity index (χ1) is 8.98. The summed E-state index contributed by atoms with van der Waals surface area (Å²) in [6, 6.07) is 3.75. The van der Waals surface area contributed by atoms with Crippen LogP contribution in [0.4, 0.5) is 5.69 Å².